The SMILES string of the molecule is CCOC(=O)CNC(=O)NCC1(N(C)C)CCC1. The van der Waals surface area contributed by atoms with Gasteiger partial charge in [0.2, 0.25) is 0 Å². The number of nitrogens with zero attached hydrogens (tertiary/aromatic N) is 1. The summed E-state index contributed by atoms with van der Waals surface area (Å²) in [4.78, 5) is 24.7. The highest BCUT2D eigenvalue weighted by Crippen LogP contribution is 2.35. The van der Waals surface area contributed by atoms with E-state index in [0.717, 1.165) is 12.8 Å². The number of ether oxygens (including phenoxy) is 1. The van der Waals surface area contributed by atoms with Gasteiger partial charge in [-0.2, -0.15) is 0 Å². The predicted molar refractivity (Wildman–Crippen MR) is 68.3 cm³/mol. The number of carbonyl (C=O) groups excluding carboxylic acids is 2. The zero-order chi connectivity index (χ0) is 13.6. The predicted octanol–water partition coefficient (Wildman–Crippen LogP) is 0.333. The van der Waals surface area contributed by atoms with E-state index in [4.69, 9.17) is 4.74 Å². The maximum absolute atomic E-state index is 11.5. The van der Waals surface area contributed by atoms with Gasteiger partial charge in [-0.3, -0.25) is 4.79 Å². The fourth-order valence-electron chi connectivity index (χ4n) is 2.04. The van der Waals surface area contributed by atoms with Crippen LogP contribution in [0.15, 0.2) is 0 Å². The number of likely N-dealkylation sites (N-methyl/N-ethyl adjacent to an activating group) is 1. The van der Waals surface area contributed by atoms with Crippen molar-refractivity contribution in [2.75, 3.05) is 33.8 Å². The van der Waals surface area contributed by atoms with E-state index in [2.05, 4.69) is 15.5 Å². The van der Waals surface area contributed by atoms with E-state index in [1.165, 1.54) is 6.42 Å². The molecular weight excluding hydrogens is 234 g/mol. The first-order valence-corrected chi connectivity index (χ1v) is 6.35. The Morgan fingerprint density at radius 1 is 1.28 bits per heavy atom. The number of carbonyl (C=O) groups is 2. The molecule has 0 saturated heterocycles. The Balaban J connectivity index is 2.22. The van der Waals surface area contributed by atoms with Crippen LogP contribution in [0.5, 0.6) is 0 Å². The molecule has 0 aromatic rings. The van der Waals surface area contributed by atoms with Gasteiger partial charge in [-0.05, 0) is 40.3 Å². The fraction of sp³-hybridized carbons (Fsp3) is 0.833. The molecule has 1 saturated carbocycles. The van der Waals surface area contributed by atoms with Gasteiger partial charge in [0, 0.05) is 12.1 Å². The molecule has 0 radical (unpaired) electrons. The highest BCUT2D eigenvalue weighted by molar-refractivity contribution is 5.80. The lowest BCUT2D eigenvalue weighted by Crippen LogP contribution is -2.58. The number of amides is 2. The maximum Gasteiger partial charge on any atom is 0.325 e. The second kappa shape index (κ2) is 6.58. The second-order valence-corrected chi connectivity index (χ2v) is 4.81. The highest BCUT2D eigenvalue weighted by Gasteiger charge is 2.39. The summed E-state index contributed by atoms with van der Waals surface area (Å²) in [6.45, 7) is 2.57. The summed E-state index contributed by atoms with van der Waals surface area (Å²) in [5.74, 6) is -0.418. The minimum atomic E-state index is -0.418. The molecule has 6 nitrogen and oxygen atoms in total. The van der Waals surface area contributed by atoms with E-state index in [1.807, 2.05) is 14.1 Å². The van der Waals surface area contributed by atoms with Crippen LogP contribution < -0.4 is 10.6 Å². The molecule has 1 aliphatic carbocycles. The largest absolute Gasteiger partial charge is 0.465 e. The average Bonchev–Trinajstić information content (AvgIpc) is 2.24. The zero-order valence-corrected chi connectivity index (χ0v) is 11.4. The summed E-state index contributed by atoms with van der Waals surface area (Å²) in [5.41, 5.74) is 0.0846. The molecule has 0 spiro atoms. The normalized spacial score (nSPS) is 16.9. The molecule has 0 heterocycles. The van der Waals surface area contributed by atoms with Gasteiger partial charge >= 0.3 is 12.0 Å². The van der Waals surface area contributed by atoms with E-state index >= 15 is 0 Å². The Morgan fingerprint density at radius 3 is 2.39 bits per heavy atom. The van der Waals surface area contributed by atoms with Gasteiger partial charge in [-0.15, -0.1) is 0 Å². The van der Waals surface area contributed by atoms with Crippen LogP contribution in [0.3, 0.4) is 0 Å². The van der Waals surface area contributed by atoms with Crippen LogP contribution in [0, 0.1) is 0 Å². The smallest absolute Gasteiger partial charge is 0.325 e. The molecule has 1 rings (SSSR count). The zero-order valence-electron chi connectivity index (χ0n) is 11.4. The van der Waals surface area contributed by atoms with Crippen LogP contribution in [0.2, 0.25) is 0 Å². The lowest BCUT2D eigenvalue weighted by Gasteiger charge is -2.47. The number of esters is 1. The standard InChI is InChI=1S/C12H23N3O3/c1-4-18-10(16)8-13-11(17)14-9-12(15(2)3)6-5-7-12/h4-9H2,1-3H3,(H2,13,14,17). The van der Waals surface area contributed by atoms with Crippen molar-refractivity contribution in [2.45, 2.75) is 31.7 Å². The van der Waals surface area contributed by atoms with Gasteiger partial charge < -0.3 is 20.3 Å². The van der Waals surface area contributed by atoms with Crippen molar-refractivity contribution >= 4 is 12.0 Å². The van der Waals surface area contributed by atoms with Gasteiger partial charge in [-0.1, -0.05) is 0 Å². The van der Waals surface area contributed by atoms with Crippen molar-refractivity contribution in [2.24, 2.45) is 0 Å². The average molecular weight is 257 g/mol. The molecule has 1 aliphatic rings. The van der Waals surface area contributed by atoms with Crippen LogP contribution in [-0.2, 0) is 9.53 Å². The van der Waals surface area contributed by atoms with E-state index < -0.39 is 5.97 Å². The quantitative estimate of drug-likeness (QED) is 0.673. The van der Waals surface area contributed by atoms with Crippen molar-refractivity contribution in [3.8, 4) is 0 Å². The molecule has 104 valence electrons. The molecule has 0 aromatic heterocycles. The van der Waals surface area contributed by atoms with Crippen LogP contribution in [0.25, 0.3) is 0 Å². The summed E-state index contributed by atoms with van der Waals surface area (Å²) in [6, 6.07) is -0.323. The minimum absolute atomic E-state index is 0.0846. The molecular formula is C12H23N3O3. The topological polar surface area (TPSA) is 70.7 Å². The maximum atomic E-state index is 11.5. The van der Waals surface area contributed by atoms with Crippen molar-refractivity contribution in [3.63, 3.8) is 0 Å². The Bertz CT molecular complexity index is 301. The summed E-state index contributed by atoms with van der Waals surface area (Å²) in [6.07, 6.45) is 3.39. The monoisotopic (exact) mass is 257 g/mol. The van der Waals surface area contributed by atoms with E-state index in [9.17, 15) is 9.59 Å². The summed E-state index contributed by atoms with van der Waals surface area (Å²) in [5, 5.41) is 5.29. The van der Waals surface area contributed by atoms with Crippen molar-refractivity contribution in [3.05, 3.63) is 0 Å². The number of nitrogens with one attached hydrogen (secondary N) is 2. The van der Waals surface area contributed by atoms with E-state index in [-0.39, 0.29) is 18.1 Å². The first-order chi connectivity index (χ1) is 8.50. The van der Waals surface area contributed by atoms with E-state index in [0.29, 0.717) is 13.2 Å². The Hall–Kier alpha value is -1.30. The Morgan fingerprint density at radius 2 is 1.94 bits per heavy atom. The van der Waals surface area contributed by atoms with E-state index in [1.54, 1.807) is 6.92 Å². The highest BCUT2D eigenvalue weighted by atomic mass is 16.5. The number of urea groups is 1. The molecule has 6 heteroatoms. The van der Waals surface area contributed by atoms with Crippen LogP contribution in [-0.4, -0.2) is 56.2 Å². The minimum Gasteiger partial charge on any atom is -0.465 e. The van der Waals surface area contributed by atoms with Gasteiger partial charge in [0.1, 0.15) is 6.54 Å². The third kappa shape index (κ3) is 3.87. The summed E-state index contributed by atoms with van der Waals surface area (Å²) >= 11 is 0. The van der Waals surface area contributed by atoms with Crippen molar-refractivity contribution in [1.29, 1.82) is 0 Å². The molecule has 0 aliphatic heterocycles. The van der Waals surface area contributed by atoms with Crippen LogP contribution in [0.4, 0.5) is 4.79 Å². The third-order valence-electron chi connectivity index (χ3n) is 3.51. The molecule has 0 atom stereocenters. The van der Waals surface area contributed by atoms with Gasteiger partial charge in [0.05, 0.1) is 6.61 Å². The molecule has 2 N–H and O–H groups in total. The van der Waals surface area contributed by atoms with Gasteiger partial charge in [0.25, 0.3) is 0 Å². The lowest BCUT2D eigenvalue weighted by molar-refractivity contribution is -0.141. The Kier molecular flexibility index (Phi) is 5.40. The fourth-order valence-corrected chi connectivity index (χ4v) is 2.04. The van der Waals surface area contributed by atoms with Gasteiger partial charge in [-0.25, -0.2) is 4.79 Å². The van der Waals surface area contributed by atoms with Crippen LogP contribution >= 0.6 is 0 Å². The lowest BCUT2D eigenvalue weighted by atomic mass is 9.75. The molecule has 18 heavy (non-hydrogen) atoms. The summed E-state index contributed by atoms with van der Waals surface area (Å²) < 4.78 is 4.72. The third-order valence-corrected chi connectivity index (χ3v) is 3.51. The van der Waals surface area contributed by atoms with Crippen LogP contribution in [0.1, 0.15) is 26.2 Å². The molecule has 2 amide bonds. The molecule has 1 fully saturated rings. The molecule has 0 bridgehead atoms. The summed E-state index contributed by atoms with van der Waals surface area (Å²) in [7, 11) is 4.05. The number of hydrogen-bond acceptors (Lipinski definition) is 4. The van der Waals surface area contributed by atoms with Crippen molar-refractivity contribution < 1.29 is 14.3 Å². The first-order valence-electron chi connectivity index (χ1n) is 6.35. The number of rotatable bonds is 6. The Labute approximate surface area is 108 Å². The number of hydrogen-bond donors (Lipinski definition) is 2. The molecule has 0 aromatic carbocycles. The molecule has 0 unspecified atom stereocenters. The second-order valence-electron chi connectivity index (χ2n) is 4.81. The van der Waals surface area contributed by atoms with Gasteiger partial charge in [0.15, 0.2) is 0 Å². The van der Waals surface area contributed by atoms with Crippen molar-refractivity contribution in [1.82, 2.24) is 15.5 Å². The first kappa shape index (κ1) is 14.8.